The molecule has 1 saturated heterocycles. The molecule has 2 rings (SSSR count). The molecule has 0 bridgehead atoms. The van der Waals surface area contributed by atoms with Crippen LogP contribution in [0.4, 0.5) is 0 Å². The third-order valence-electron chi connectivity index (χ3n) is 3.41. The minimum atomic E-state index is 0.170. The number of rotatable bonds is 4. The molecule has 2 heterocycles. The van der Waals surface area contributed by atoms with E-state index in [1.165, 1.54) is 6.42 Å². The first-order chi connectivity index (χ1) is 8.61. The normalized spacial score (nSPS) is 20.3. The van der Waals surface area contributed by atoms with Crippen LogP contribution < -0.4 is 0 Å². The first-order valence-electron chi connectivity index (χ1n) is 6.17. The number of amides is 1. The average Bonchev–Trinajstić information content (AvgIpc) is 2.96. The van der Waals surface area contributed by atoms with Crippen molar-refractivity contribution in [3.05, 3.63) is 16.3 Å². The summed E-state index contributed by atoms with van der Waals surface area (Å²) in [6.45, 7) is 3.13. The van der Waals surface area contributed by atoms with Crippen LogP contribution in [0.1, 0.15) is 16.1 Å². The van der Waals surface area contributed by atoms with Crippen LogP contribution in [-0.4, -0.2) is 55.7 Å². The van der Waals surface area contributed by atoms with Gasteiger partial charge in [0.25, 0.3) is 5.91 Å². The second-order valence-electron chi connectivity index (χ2n) is 4.92. The van der Waals surface area contributed by atoms with Gasteiger partial charge in [-0.3, -0.25) is 4.79 Å². The molecule has 0 spiro atoms. The quantitative estimate of drug-likeness (QED) is 0.794. The van der Waals surface area contributed by atoms with Gasteiger partial charge in [-0.25, -0.2) is 0 Å². The van der Waals surface area contributed by atoms with E-state index < -0.39 is 0 Å². The third-order valence-corrected chi connectivity index (χ3v) is 5.22. The summed E-state index contributed by atoms with van der Waals surface area (Å²) in [6, 6.07) is 2.03. The van der Waals surface area contributed by atoms with Gasteiger partial charge in [-0.15, -0.1) is 23.1 Å². The summed E-state index contributed by atoms with van der Waals surface area (Å²) in [4.78, 5) is 18.6. The lowest BCUT2D eigenvalue weighted by atomic mass is 10.1. The maximum atomic E-state index is 12.4. The van der Waals surface area contributed by atoms with Crippen LogP contribution in [0.15, 0.2) is 16.3 Å². The van der Waals surface area contributed by atoms with E-state index >= 15 is 0 Å². The molecule has 1 aliphatic heterocycles. The average molecular weight is 284 g/mol. The standard InChI is InChI=1S/C13H20N2OS2/c1-14-6-4-10(8-14)9-15(2)13(16)12-11(17-3)5-7-18-12/h5,7,10H,4,6,8-9H2,1-3H3/t10-/m0/s1. The van der Waals surface area contributed by atoms with Crippen molar-refractivity contribution in [3.63, 3.8) is 0 Å². The monoisotopic (exact) mass is 284 g/mol. The fourth-order valence-corrected chi connectivity index (χ4v) is 4.17. The Balaban J connectivity index is 1.96. The molecular weight excluding hydrogens is 264 g/mol. The van der Waals surface area contributed by atoms with Crippen LogP contribution in [0.5, 0.6) is 0 Å². The second-order valence-corrected chi connectivity index (χ2v) is 6.68. The summed E-state index contributed by atoms with van der Waals surface area (Å²) >= 11 is 3.19. The molecule has 100 valence electrons. The lowest BCUT2D eigenvalue weighted by Gasteiger charge is -2.21. The van der Waals surface area contributed by atoms with Crippen molar-refractivity contribution in [2.24, 2.45) is 5.92 Å². The number of thiophene rings is 1. The molecule has 1 atom stereocenters. The van der Waals surface area contributed by atoms with Gasteiger partial charge >= 0.3 is 0 Å². The summed E-state index contributed by atoms with van der Waals surface area (Å²) in [6.07, 6.45) is 3.22. The predicted molar refractivity (Wildman–Crippen MR) is 78.7 cm³/mol. The van der Waals surface area contributed by atoms with Crippen molar-refractivity contribution in [2.45, 2.75) is 11.3 Å². The van der Waals surface area contributed by atoms with Crippen LogP contribution in [0, 0.1) is 5.92 Å². The number of thioether (sulfide) groups is 1. The van der Waals surface area contributed by atoms with E-state index in [2.05, 4.69) is 11.9 Å². The molecule has 0 N–H and O–H groups in total. The first kappa shape index (κ1) is 13.9. The predicted octanol–water partition coefficient (Wildman–Crippen LogP) is 2.49. The van der Waals surface area contributed by atoms with Crippen LogP contribution in [0.3, 0.4) is 0 Å². The molecule has 1 aromatic heterocycles. The molecule has 1 aromatic rings. The number of hydrogen-bond donors (Lipinski definition) is 0. The number of nitrogens with zero attached hydrogens (tertiary/aromatic N) is 2. The van der Waals surface area contributed by atoms with Gasteiger partial charge in [-0.1, -0.05) is 0 Å². The lowest BCUT2D eigenvalue weighted by molar-refractivity contribution is 0.0776. The van der Waals surface area contributed by atoms with E-state index in [9.17, 15) is 4.79 Å². The summed E-state index contributed by atoms with van der Waals surface area (Å²) < 4.78 is 0. The van der Waals surface area contributed by atoms with Crippen LogP contribution in [0.2, 0.25) is 0 Å². The zero-order valence-electron chi connectivity index (χ0n) is 11.2. The summed E-state index contributed by atoms with van der Waals surface area (Å²) in [7, 11) is 4.07. The van der Waals surface area contributed by atoms with Gasteiger partial charge in [0.15, 0.2) is 0 Å². The molecule has 3 nitrogen and oxygen atoms in total. The lowest BCUT2D eigenvalue weighted by Crippen LogP contribution is -2.32. The Labute approximate surface area is 117 Å². The van der Waals surface area contributed by atoms with Gasteiger partial charge in [0.1, 0.15) is 4.88 Å². The molecule has 1 aliphatic rings. The highest BCUT2D eigenvalue weighted by molar-refractivity contribution is 7.98. The van der Waals surface area contributed by atoms with E-state index in [4.69, 9.17) is 0 Å². The van der Waals surface area contributed by atoms with Crippen molar-refractivity contribution >= 4 is 29.0 Å². The molecule has 0 aliphatic carbocycles. The van der Waals surface area contributed by atoms with E-state index in [0.717, 1.165) is 29.4 Å². The zero-order valence-corrected chi connectivity index (χ0v) is 12.8. The molecule has 0 unspecified atom stereocenters. The van der Waals surface area contributed by atoms with Gasteiger partial charge < -0.3 is 9.80 Å². The molecule has 1 amide bonds. The minimum Gasteiger partial charge on any atom is -0.341 e. The Morgan fingerprint density at radius 1 is 1.67 bits per heavy atom. The maximum Gasteiger partial charge on any atom is 0.264 e. The number of likely N-dealkylation sites (tertiary alicyclic amines) is 1. The topological polar surface area (TPSA) is 23.6 Å². The fraction of sp³-hybridized carbons (Fsp3) is 0.615. The maximum absolute atomic E-state index is 12.4. The summed E-state index contributed by atoms with van der Waals surface area (Å²) in [5.41, 5.74) is 0. The SMILES string of the molecule is CSc1ccsc1C(=O)N(C)C[C@H]1CCN(C)C1. The van der Waals surface area contributed by atoms with E-state index in [0.29, 0.717) is 5.92 Å². The van der Waals surface area contributed by atoms with Gasteiger partial charge in [0, 0.05) is 25.0 Å². The summed E-state index contributed by atoms with van der Waals surface area (Å²) in [5, 5.41) is 2.00. The molecule has 0 radical (unpaired) electrons. The number of carbonyl (C=O) groups is 1. The number of carbonyl (C=O) groups excluding carboxylic acids is 1. The van der Waals surface area contributed by atoms with E-state index in [-0.39, 0.29) is 5.91 Å². The Bertz CT molecular complexity index is 419. The fourth-order valence-electron chi connectivity index (χ4n) is 2.43. The van der Waals surface area contributed by atoms with E-state index in [1.807, 2.05) is 29.6 Å². The smallest absolute Gasteiger partial charge is 0.264 e. The van der Waals surface area contributed by atoms with Gasteiger partial charge in [-0.05, 0) is 43.6 Å². The highest BCUT2D eigenvalue weighted by Crippen LogP contribution is 2.27. The third kappa shape index (κ3) is 3.08. The zero-order chi connectivity index (χ0) is 13.1. The van der Waals surface area contributed by atoms with Crippen LogP contribution >= 0.6 is 23.1 Å². The molecule has 1 fully saturated rings. The Morgan fingerprint density at radius 3 is 3.06 bits per heavy atom. The molecular formula is C13H20N2OS2. The second kappa shape index (κ2) is 6.08. The largest absolute Gasteiger partial charge is 0.341 e. The van der Waals surface area contributed by atoms with Gasteiger partial charge in [0.2, 0.25) is 0 Å². The minimum absolute atomic E-state index is 0.170. The molecule has 0 aromatic carbocycles. The van der Waals surface area contributed by atoms with Crippen molar-refractivity contribution in [1.29, 1.82) is 0 Å². The Morgan fingerprint density at radius 2 is 2.44 bits per heavy atom. The van der Waals surface area contributed by atoms with Gasteiger partial charge in [0.05, 0.1) is 0 Å². The first-order valence-corrected chi connectivity index (χ1v) is 8.27. The Hall–Kier alpha value is -0.520. The van der Waals surface area contributed by atoms with Crippen molar-refractivity contribution < 1.29 is 4.79 Å². The van der Waals surface area contributed by atoms with Crippen LogP contribution in [0.25, 0.3) is 0 Å². The Kier molecular flexibility index (Phi) is 4.70. The summed E-state index contributed by atoms with van der Waals surface area (Å²) in [5.74, 6) is 0.797. The van der Waals surface area contributed by atoms with Crippen molar-refractivity contribution in [1.82, 2.24) is 9.80 Å². The molecule has 5 heteroatoms. The van der Waals surface area contributed by atoms with E-state index in [1.54, 1.807) is 23.1 Å². The van der Waals surface area contributed by atoms with Crippen molar-refractivity contribution in [3.8, 4) is 0 Å². The van der Waals surface area contributed by atoms with Crippen LogP contribution in [-0.2, 0) is 0 Å². The van der Waals surface area contributed by atoms with Crippen molar-refractivity contribution in [2.75, 3.05) is 40.0 Å². The highest BCUT2D eigenvalue weighted by atomic mass is 32.2. The highest BCUT2D eigenvalue weighted by Gasteiger charge is 2.24. The molecule has 0 saturated carbocycles. The molecule has 18 heavy (non-hydrogen) atoms. The number of hydrogen-bond acceptors (Lipinski definition) is 4. The van der Waals surface area contributed by atoms with Gasteiger partial charge in [-0.2, -0.15) is 0 Å².